The molecule has 0 atom stereocenters. The number of aromatic nitrogens is 5. The normalized spacial score (nSPS) is 11.5. The van der Waals surface area contributed by atoms with E-state index in [2.05, 4.69) is 46.3 Å². The van der Waals surface area contributed by atoms with E-state index >= 15 is 0 Å². The quantitative estimate of drug-likeness (QED) is 0.513. The number of benzene rings is 1. The zero-order valence-electron chi connectivity index (χ0n) is 17.7. The predicted molar refractivity (Wildman–Crippen MR) is 115 cm³/mol. The molecule has 0 saturated heterocycles. The minimum Gasteiger partial charge on any atom is -0.348 e. The van der Waals surface area contributed by atoms with Crippen LogP contribution in [0.1, 0.15) is 42.6 Å². The second-order valence-electron chi connectivity index (χ2n) is 8.49. The van der Waals surface area contributed by atoms with E-state index in [9.17, 15) is 4.79 Å². The number of nitrogens with one attached hydrogen (secondary N) is 1. The molecule has 31 heavy (non-hydrogen) atoms. The zero-order valence-corrected chi connectivity index (χ0v) is 17.7. The summed E-state index contributed by atoms with van der Waals surface area (Å²) in [6.45, 7) is 6.71. The third-order valence-corrected chi connectivity index (χ3v) is 4.53. The number of carbonyl (C=O) groups is 1. The molecule has 0 radical (unpaired) electrons. The second kappa shape index (κ2) is 8.51. The van der Waals surface area contributed by atoms with Gasteiger partial charge in [-0.05, 0) is 35.2 Å². The fraction of sp³-hybridized carbons (Fsp3) is 0.261. The molecular weight excluding hydrogens is 392 g/mol. The van der Waals surface area contributed by atoms with Crippen molar-refractivity contribution in [1.82, 2.24) is 30.2 Å². The maximum Gasteiger partial charge on any atom is 0.251 e. The van der Waals surface area contributed by atoms with E-state index in [1.165, 1.54) is 0 Å². The summed E-state index contributed by atoms with van der Waals surface area (Å²) in [6, 6.07) is 12.8. The van der Waals surface area contributed by atoms with Crippen LogP contribution in [0.5, 0.6) is 0 Å². The van der Waals surface area contributed by atoms with Crippen LogP contribution >= 0.6 is 0 Å². The third-order valence-electron chi connectivity index (χ3n) is 4.53. The van der Waals surface area contributed by atoms with E-state index < -0.39 is 0 Å². The smallest absolute Gasteiger partial charge is 0.251 e. The highest BCUT2D eigenvalue weighted by Crippen LogP contribution is 2.22. The molecule has 0 fully saturated rings. The van der Waals surface area contributed by atoms with E-state index in [1.807, 2.05) is 36.5 Å². The molecule has 0 aliphatic carbocycles. The van der Waals surface area contributed by atoms with Crippen molar-refractivity contribution in [3.05, 3.63) is 78.1 Å². The Morgan fingerprint density at radius 1 is 1.16 bits per heavy atom. The molecule has 0 saturated carbocycles. The monoisotopic (exact) mass is 416 g/mol. The van der Waals surface area contributed by atoms with Gasteiger partial charge >= 0.3 is 0 Å². The van der Waals surface area contributed by atoms with Crippen LogP contribution in [0.4, 0.5) is 0 Å². The lowest BCUT2D eigenvalue weighted by Crippen LogP contribution is -2.22. The summed E-state index contributed by atoms with van der Waals surface area (Å²) in [4.78, 5) is 21.5. The van der Waals surface area contributed by atoms with Crippen LogP contribution in [-0.4, -0.2) is 30.8 Å². The van der Waals surface area contributed by atoms with Gasteiger partial charge in [0.15, 0.2) is 5.82 Å². The van der Waals surface area contributed by atoms with Gasteiger partial charge in [0.2, 0.25) is 11.7 Å². The third kappa shape index (κ3) is 5.22. The summed E-state index contributed by atoms with van der Waals surface area (Å²) in [7, 11) is 0. The van der Waals surface area contributed by atoms with Gasteiger partial charge in [0.1, 0.15) is 0 Å². The first-order valence-electron chi connectivity index (χ1n) is 10.0. The van der Waals surface area contributed by atoms with E-state index in [0.717, 1.165) is 16.9 Å². The lowest BCUT2D eigenvalue weighted by molar-refractivity contribution is 0.0951. The molecule has 1 N–H and O–H groups in total. The Morgan fingerprint density at radius 2 is 2.03 bits per heavy atom. The molecule has 3 aromatic heterocycles. The summed E-state index contributed by atoms with van der Waals surface area (Å²) in [5.41, 5.74) is 2.21. The first-order chi connectivity index (χ1) is 14.9. The first kappa shape index (κ1) is 20.5. The minimum atomic E-state index is -0.184. The average molecular weight is 416 g/mol. The van der Waals surface area contributed by atoms with Crippen LogP contribution < -0.4 is 5.32 Å². The highest BCUT2D eigenvalue weighted by atomic mass is 16.5. The first-order valence-corrected chi connectivity index (χ1v) is 10.0. The molecule has 0 unspecified atom stereocenters. The molecule has 1 amide bonds. The molecule has 4 rings (SSSR count). The topological polar surface area (TPSA) is 98.7 Å². The maximum atomic E-state index is 12.6. The van der Waals surface area contributed by atoms with Crippen molar-refractivity contribution in [2.45, 2.75) is 33.7 Å². The van der Waals surface area contributed by atoms with Crippen molar-refractivity contribution in [3.8, 4) is 17.2 Å². The SMILES string of the molecule is CC(C)(C)Cc1nc(-c2cccc(C(=O)NCc3ccc(-n4cccn4)nc3)c2)no1. The fourth-order valence-electron chi connectivity index (χ4n) is 3.04. The molecule has 0 aliphatic rings. The minimum absolute atomic E-state index is 0.0526. The summed E-state index contributed by atoms with van der Waals surface area (Å²) in [5.74, 6) is 1.60. The van der Waals surface area contributed by atoms with E-state index in [4.69, 9.17) is 4.52 Å². The van der Waals surface area contributed by atoms with Gasteiger partial charge in [-0.25, -0.2) is 9.67 Å². The van der Waals surface area contributed by atoms with E-state index in [-0.39, 0.29) is 11.3 Å². The van der Waals surface area contributed by atoms with Crippen LogP contribution in [0.2, 0.25) is 0 Å². The summed E-state index contributed by atoms with van der Waals surface area (Å²) < 4.78 is 7.04. The Labute approximate surface area is 180 Å². The van der Waals surface area contributed by atoms with Crippen molar-refractivity contribution in [1.29, 1.82) is 0 Å². The summed E-state index contributed by atoms with van der Waals surface area (Å²) >= 11 is 0. The van der Waals surface area contributed by atoms with Gasteiger partial charge < -0.3 is 9.84 Å². The average Bonchev–Trinajstić information content (AvgIpc) is 3.44. The molecule has 1 aromatic carbocycles. The summed E-state index contributed by atoms with van der Waals surface area (Å²) in [6.07, 6.45) is 5.94. The molecule has 3 heterocycles. The van der Waals surface area contributed by atoms with Gasteiger partial charge in [0.25, 0.3) is 5.91 Å². The standard InChI is InChI=1S/C23H24N6O2/c1-23(2,3)13-20-27-21(28-31-20)17-6-4-7-18(12-17)22(30)25-15-16-8-9-19(24-14-16)29-11-5-10-26-29/h4-12,14H,13,15H2,1-3H3,(H,25,30). The Hall–Kier alpha value is -3.81. The molecule has 8 nitrogen and oxygen atoms in total. The van der Waals surface area contributed by atoms with Gasteiger partial charge in [-0.3, -0.25) is 4.79 Å². The predicted octanol–water partition coefficient (Wildman–Crippen LogP) is 3.84. The van der Waals surface area contributed by atoms with Gasteiger partial charge in [0.05, 0.1) is 0 Å². The van der Waals surface area contributed by atoms with E-state index in [0.29, 0.717) is 30.2 Å². The van der Waals surface area contributed by atoms with Crippen molar-refractivity contribution >= 4 is 5.91 Å². The van der Waals surface area contributed by atoms with Crippen LogP contribution in [-0.2, 0) is 13.0 Å². The van der Waals surface area contributed by atoms with Crippen molar-refractivity contribution in [2.75, 3.05) is 0 Å². The van der Waals surface area contributed by atoms with Gasteiger partial charge in [-0.15, -0.1) is 0 Å². The highest BCUT2D eigenvalue weighted by Gasteiger charge is 2.18. The van der Waals surface area contributed by atoms with Gasteiger partial charge in [0, 0.05) is 42.7 Å². The molecule has 0 aliphatic heterocycles. The highest BCUT2D eigenvalue weighted by molar-refractivity contribution is 5.95. The van der Waals surface area contributed by atoms with Crippen molar-refractivity contribution < 1.29 is 9.32 Å². The van der Waals surface area contributed by atoms with Crippen LogP contribution in [0.15, 0.2) is 65.6 Å². The Kier molecular flexibility index (Phi) is 5.62. The maximum absolute atomic E-state index is 12.6. The van der Waals surface area contributed by atoms with Crippen LogP contribution in [0, 0.1) is 5.41 Å². The number of rotatable bonds is 6. The lowest BCUT2D eigenvalue weighted by Gasteiger charge is -2.13. The summed E-state index contributed by atoms with van der Waals surface area (Å²) in [5, 5.41) is 11.1. The largest absolute Gasteiger partial charge is 0.348 e. The van der Waals surface area contributed by atoms with Crippen LogP contribution in [0.3, 0.4) is 0 Å². The number of nitrogens with zero attached hydrogens (tertiary/aromatic N) is 5. The molecule has 0 bridgehead atoms. The van der Waals surface area contributed by atoms with Gasteiger partial charge in [-0.1, -0.05) is 44.1 Å². The fourth-order valence-corrected chi connectivity index (χ4v) is 3.04. The molecule has 0 spiro atoms. The number of hydrogen-bond acceptors (Lipinski definition) is 6. The van der Waals surface area contributed by atoms with Crippen molar-refractivity contribution in [2.24, 2.45) is 5.41 Å². The number of carbonyl (C=O) groups excluding carboxylic acids is 1. The zero-order chi connectivity index (χ0) is 21.8. The molecular formula is C23H24N6O2. The van der Waals surface area contributed by atoms with Crippen LogP contribution in [0.25, 0.3) is 17.2 Å². The number of hydrogen-bond donors (Lipinski definition) is 1. The van der Waals surface area contributed by atoms with Gasteiger partial charge in [-0.2, -0.15) is 10.1 Å². The molecule has 4 aromatic rings. The Bertz CT molecular complexity index is 1160. The Balaban J connectivity index is 1.40. The second-order valence-corrected chi connectivity index (χ2v) is 8.49. The Morgan fingerprint density at radius 3 is 2.74 bits per heavy atom. The number of amides is 1. The molecule has 158 valence electrons. The van der Waals surface area contributed by atoms with Crippen molar-refractivity contribution in [3.63, 3.8) is 0 Å². The lowest BCUT2D eigenvalue weighted by atomic mass is 9.92. The number of pyridine rings is 1. The van der Waals surface area contributed by atoms with E-state index in [1.54, 1.807) is 29.2 Å². The molecule has 8 heteroatoms.